The standard InChI is InChI=1S/C25H36N4O.CH5N/c1-25(2,3)24(30)23(29-14-7-13-26-29)19-21-8-6-9-22(18-21)28-16-11-20(12-17-28)10-15-27(4)5;1-2/h6-9,13-14,18-20H,10-12,15-17H2,1-5H3;2H2,1H3/b23-19-;. The van der Waals surface area contributed by atoms with Crippen molar-refractivity contribution < 1.29 is 4.79 Å². The Kier molecular flexibility index (Phi) is 9.66. The molecule has 0 radical (unpaired) electrons. The van der Waals surface area contributed by atoms with E-state index in [1.165, 1.54) is 38.5 Å². The van der Waals surface area contributed by atoms with Gasteiger partial charge in [-0.3, -0.25) is 4.79 Å². The lowest BCUT2D eigenvalue weighted by Crippen LogP contribution is -2.34. The van der Waals surface area contributed by atoms with E-state index in [4.69, 9.17) is 0 Å². The summed E-state index contributed by atoms with van der Waals surface area (Å²) in [6.45, 7) is 9.20. The molecule has 176 valence electrons. The van der Waals surface area contributed by atoms with Gasteiger partial charge in [0.2, 0.25) is 0 Å². The van der Waals surface area contributed by atoms with E-state index in [2.05, 4.69) is 59.0 Å². The van der Waals surface area contributed by atoms with Crippen LogP contribution in [0.5, 0.6) is 0 Å². The summed E-state index contributed by atoms with van der Waals surface area (Å²) in [5.41, 5.74) is 6.90. The highest BCUT2D eigenvalue weighted by molar-refractivity contribution is 6.21. The molecule has 6 nitrogen and oxygen atoms in total. The van der Waals surface area contributed by atoms with Crippen molar-refractivity contribution in [2.75, 3.05) is 45.7 Å². The molecule has 0 amide bonds. The van der Waals surface area contributed by atoms with Gasteiger partial charge in [0, 0.05) is 36.6 Å². The van der Waals surface area contributed by atoms with Gasteiger partial charge in [-0.1, -0.05) is 32.9 Å². The predicted molar refractivity (Wildman–Crippen MR) is 136 cm³/mol. The molecule has 1 aliphatic rings. The summed E-state index contributed by atoms with van der Waals surface area (Å²) < 4.78 is 1.68. The van der Waals surface area contributed by atoms with Crippen molar-refractivity contribution in [2.45, 2.75) is 40.0 Å². The van der Waals surface area contributed by atoms with Gasteiger partial charge < -0.3 is 15.5 Å². The average Bonchev–Trinajstić information content (AvgIpc) is 3.31. The van der Waals surface area contributed by atoms with E-state index in [1.54, 1.807) is 10.9 Å². The van der Waals surface area contributed by atoms with Crippen LogP contribution in [-0.2, 0) is 4.79 Å². The minimum absolute atomic E-state index is 0.0818. The lowest BCUT2D eigenvalue weighted by atomic mass is 9.88. The van der Waals surface area contributed by atoms with Crippen molar-refractivity contribution in [3.05, 3.63) is 48.3 Å². The molecule has 1 aromatic heterocycles. The topological polar surface area (TPSA) is 67.4 Å². The summed E-state index contributed by atoms with van der Waals surface area (Å²) in [5.74, 6) is 0.904. The van der Waals surface area contributed by atoms with Crippen LogP contribution in [0.25, 0.3) is 11.8 Å². The van der Waals surface area contributed by atoms with Gasteiger partial charge in [-0.15, -0.1) is 0 Å². The number of Topliss-reactive ketones (excluding diaryl/α,β-unsaturated/α-hetero) is 1. The smallest absolute Gasteiger partial charge is 0.186 e. The van der Waals surface area contributed by atoms with E-state index in [-0.39, 0.29) is 5.78 Å². The Labute approximate surface area is 194 Å². The van der Waals surface area contributed by atoms with Gasteiger partial charge in [0.1, 0.15) is 5.70 Å². The number of anilines is 1. The summed E-state index contributed by atoms with van der Waals surface area (Å²) in [6, 6.07) is 10.4. The SMILES string of the molecule is CN.CN(C)CCC1CCN(c2cccc(/C=C(/C(=O)C(C)(C)C)n3cccn3)c2)CC1. The van der Waals surface area contributed by atoms with Crippen LogP contribution < -0.4 is 10.6 Å². The highest BCUT2D eigenvalue weighted by atomic mass is 16.1. The second-order valence-electron chi connectivity index (χ2n) is 9.68. The summed E-state index contributed by atoms with van der Waals surface area (Å²) in [5, 5.41) is 4.31. The fraction of sp³-hybridized carbons (Fsp3) is 0.538. The van der Waals surface area contributed by atoms with Crippen LogP contribution in [0, 0.1) is 11.3 Å². The van der Waals surface area contributed by atoms with E-state index in [9.17, 15) is 4.79 Å². The maximum absolute atomic E-state index is 13.1. The van der Waals surface area contributed by atoms with Gasteiger partial charge in [0.05, 0.1) is 0 Å². The molecule has 0 atom stereocenters. The minimum Gasteiger partial charge on any atom is -0.371 e. The van der Waals surface area contributed by atoms with Gasteiger partial charge in [-0.2, -0.15) is 5.10 Å². The van der Waals surface area contributed by atoms with Crippen molar-refractivity contribution in [1.29, 1.82) is 0 Å². The maximum Gasteiger partial charge on any atom is 0.186 e. The van der Waals surface area contributed by atoms with E-state index in [0.29, 0.717) is 5.70 Å². The predicted octanol–water partition coefficient (Wildman–Crippen LogP) is 4.24. The molecule has 1 saturated heterocycles. The van der Waals surface area contributed by atoms with Crippen LogP contribution in [0.15, 0.2) is 42.7 Å². The third-order valence-electron chi connectivity index (χ3n) is 5.80. The zero-order chi connectivity index (χ0) is 23.7. The number of nitrogens with zero attached hydrogens (tertiary/aromatic N) is 4. The Morgan fingerprint density at radius 3 is 2.44 bits per heavy atom. The number of aromatic nitrogens is 2. The largest absolute Gasteiger partial charge is 0.371 e. The number of benzene rings is 1. The Hall–Kier alpha value is -2.44. The molecular formula is C26H41N5O. The maximum atomic E-state index is 13.1. The number of hydrogen-bond acceptors (Lipinski definition) is 5. The quantitative estimate of drug-likeness (QED) is 0.654. The van der Waals surface area contributed by atoms with Gasteiger partial charge >= 0.3 is 0 Å². The zero-order valence-corrected chi connectivity index (χ0v) is 20.7. The Morgan fingerprint density at radius 1 is 1.19 bits per heavy atom. The monoisotopic (exact) mass is 439 g/mol. The molecule has 1 fully saturated rings. The van der Waals surface area contributed by atoms with Crippen molar-refractivity contribution in [2.24, 2.45) is 17.1 Å². The summed E-state index contributed by atoms with van der Waals surface area (Å²) in [7, 11) is 5.80. The number of hydrogen-bond donors (Lipinski definition) is 1. The molecule has 1 aliphatic heterocycles. The highest BCUT2D eigenvalue weighted by Gasteiger charge is 2.26. The molecule has 1 aromatic carbocycles. The first-order chi connectivity index (χ1) is 15.2. The van der Waals surface area contributed by atoms with Crippen molar-refractivity contribution in [3.8, 4) is 0 Å². The molecule has 2 N–H and O–H groups in total. The second kappa shape index (κ2) is 12.0. The molecule has 0 aliphatic carbocycles. The average molecular weight is 440 g/mol. The van der Waals surface area contributed by atoms with E-state index in [0.717, 1.165) is 24.6 Å². The molecule has 2 aromatic rings. The molecule has 0 spiro atoms. The minimum atomic E-state index is -0.468. The van der Waals surface area contributed by atoms with Crippen LogP contribution in [0.2, 0.25) is 0 Å². The van der Waals surface area contributed by atoms with Crippen LogP contribution in [0.4, 0.5) is 5.69 Å². The van der Waals surface area contributed by atoms with Crippen LogP contribution in [0.1, 0.15) is 45.6 Å². The summed E-state index contributed by atoms with van der Waals surface area (Å²) in [6.07, 6.45) is 9.28. The van der Waals surface area contributed by atoms with Crippen molar-refractivity contribution in [1.82, 2.24) is 14.7 Å². The van der Waals surface area contributed by atoms with E-state index in [1.807, 2.05) is 39.1 Å². The Morgan fingerprint density at radius 2 is 1.88 bits per heavy atom. The molecule has 0 unspecified atom stereocenters. The molecule has 2 heterocycles. The number of ketones is 1. The van der Waals surface area contributed by atoms with E-state index >= 15 is 0 Å². The fourth-order valence-electron chi connectivity index (χ4n) is 3.92. The number of carbonyl (C=O) groups excluding carboxylic acids is 1. The summed E-state index contributed by atoms with van der Waals surface area (Å²) >= 11 is 0. The highest BCUT2D eigenvalue weighted by Crippen LogP contribution is 2.28. The first kappa shape index (κ1) is 25.8. The van der Waals surface area contributed by atoms with Crippen LogP contribution in [-0.4, -0.2) is 61.2 Å². The fourth-order valence-corrected chi connectivity index (χ4v) is 3.92. The number of piperidine rings is 1. The molecule has 6 heteroatoms. The van der Waals surface area contributed by atoms with Gasteiger partial charge in [0.15, 0.2) is 5.78 Å². The normalized spacial score (nSPS) is 15.5. The lowest BCUT2D eigenvalue weighted by molar-refractivity contribution is -0.120. The third kappa shape index (κ3) is 7.31. The van der Waals surface area contributed by atoms with Crippen LogP contribution in [0.3, 0.4) is 0 Å². The number of nitrogens with two attached hydrogens (primary N) is 1. The Balaban J connectivity index is 0.00000176. The Bertz CT molecular complexity index is 857. The third-order valence-corrected chi connectivity index (χ3v) is 5.80. The van der Waals surface area contributed by atoms with E-state index < -0.39 is 5.41 Å². The molecule has 0 bridgehead atoms. The molecule has 32 heavy (non-hydrogen) atoms. The van der Waals surface area contributed by atoms with Gasteiger partial charge in [0.25, 0.3) is 0 Å². The first-order valence-corrected chi connectivity index (χ1v) is 11.6. The van der Waals surface area contributed by atoms with Crippen molar-refractivity contribution >= 4 is 23.2 Å². The number of allylic oxidation sites excluding steroid dienone is 1. The lowest BCUT2D eigenvalue weighted by Gasteiger charge is -2.34. The first-order valence-electron chi connectivity index (χ1n) is 11.6. The number of rotatable bonds is 7. The zero-order valence-electron chi connectivity index (χ0n) is 20.7. The van der Waals surface area contributed by atoms with Gasteiger partial charge in [-0.05, 0) is 82.7 Å². The molecular weight excluding hydrogens is 398 g/mol. The van der Waals surface area contributed by atoms with Gasteiger partial charge in [-0.25, -0.2) is 4.68 Å². The summed E-state index contributed by atoms with van der Waals surface area (Å²) in [4.78, 5) is 17.8. The van der Waals surface area contributed by atoms with Crippen LogP contribution >= 0.6 is 0 Å². The second-order valence-corrected chi connectivity index (χ2v) is 9.68. The van der Waals surface area contributed by atoms with Crippen molar-refractivity contribution in [3.63, 3.8) is 0 Å². The molecule has 0 saturated carbocycles. The number of carbonyl (C=O) groups is 1. The molecule has 3 rings (SSSR count).